The van der Waals surface area contributed by atoms with Gasteiger partial charge in [0.15, 0.2) is 5.79 Å². The van der Waals surface area contributed by atoms with Gasteiger partial charge in [-0.25, -0.2) is 0 Å². The van der Waals surface area contributed by atoms with Gasteiger partial charge in [0, 0.05) is 5.92 Å². The van der Waals surface area contributed by atoms with E-state index in [1.165, 1.54) is 6.92 Å². The normalized spacial score (nSPS) is 56.5. The van der Waals surface area contributed by atoms with Gasteiger partial charge in [0.2, 0.25) is 0 Å². The van der Waals surface area contributed by atoms with Crippen molar-refractivity contribution in [2.24, 2.45) is 5.92 Å². The van der Waals surface area contributed by atoms with Crippen LogP contribution in [0, 0.1) is 5.92 Å². The first-order valence-electron chi connectivity index (χ1n) is 4.19. The summed E-state index contributed by atoms with van der Waals surface area (Å²) in [5, 5.41) is 19.0. The smallest absolute Gasteiger partial charge is 0.189 e. The van der Waals surface area contributed by atoms with E-state index in [1.807, 2.05) is 0 Å². The number of hydrogen-bond acceptors (Lipinski definition) is 3. The van der Waals surface area contributed by atoms with Gasteiger partial charge in [0.25, 0.3) is 0 Å². The van der Waals surface area contributed by atoms with Crippen molar-refractivity contribution in [3.63, 3.8) is 0 Å². The summed E-state index contributed by atoms with van der Waals surface area (Å²) in [4.78, 5) is 0. The summed E-state index contributed by atoms with van der Waals surface area (Å²) in [5.74, 6) is -1.12. The fraction of sp³-hybridized carbons (Fsp3) is 1.00. The van der Waals surface area contributed by atoms with Crippen LogP contribution in [-0.2, 0) is 4.74 Å². The summed E-state index contributed by atoms with van der Waals surface area (Å²) < 4.78 is 5.29. The summed E-state index contributed by atoms with van der Waals surface area (Å²) in [6, 6.07) is 0. The standard InChI is InChI=1S/C8H14O3/c1-8(10)7(9)5-3-2-4-6(5)11-8/h5-7,9-10H,2-4H2,1H3. The zero-order valence-corrected chi connectivity index (χ0v) is 6.66. The number of aliphatic hydroxyl groups is 2. The van der Waals surface area contributed by atoms with E-state index < -0.39 is 11.9 Å². The van der Waals surface area contributed by atoms with Gasteiger partial charge in [-0.3, -0.25) is 0 Å². The van der Waals surface area contributed by atoms with E-state index in [0.717, 1.165) is 19.3 Å². The molecule has 4 atom stereocenters. The maximum absolute atomic E-state index is 9.55. The van der Waals surface area contributed by atoms with E-state index in [2.05, 4.69) is 0 Å². The van der Waals surface area contributed by atoms with E-state index >= 15 is 0 Å². The summed E-state index contributed by atoms with van der Waals surface area (Å²) in [6.07, 6.45) is 2.50. The fourth-order valence-corrected chi connectivity index (χ4v) is 2.24. The molecule has 3 nitrogen and oxygen atoms in total. The highest BCUT2D eigenvalue weighted by molar-refractivity contribution is 4.95. The number of ether oxygens (including phenoxy) is 1. The Kier molecular flexibility index (Phi) is 1.50. The molecule has 1 aliphatic carbocycles. The summed E-state index contributed by atoms with van der Waals surface area (Å²) >= 11 is 0. The lowest BCUT2D eigenvalue weighted by atomic mass is 9.97. The second-order valence-corrected chi connectivity index (χ2v) is 3.75. The van der Waals surface area contributed by atoms with Crippen molar-refractivity contribution in [1.29, 1.82) is 0 Å². The first kappa shape index (κ1) is 7.53. The van der Waals surface area contributed by atoms with Crippen LogP contribution in [0.3, 0.4) is 0 Å². The van der Waals surface area contributed by atoms with Crippen molar-refractivity contribution in [2.75, 3.05) is 0 Å². The summed E-state index contributed by atoms with van der Waals surface area (Å²) in [6.45, 7) is 1.54. The van der Waals surface area contributed by atoms with Crippen LogP contribution < -0.4 is 0 Å². The molecule has 0 bridgehead atoms. The molecule has 1 heterocycles. The van der Waals surface area contributed by atoms with E-state index in [9.17, 15) is 10.2 Å². The lowest BCUT2D eigenvalue weighted by molar-refractivity contribution is -0.215. The Morgan fingerprint density at radius 2 is 2.18 bits per heavy atom. The third-order valence-corrected chi connectivity index (χ3v) is 2.85. The topological polar surface area (TPSA) is 49.7 Å². The predicted molar refractivity (Wildman–Crippen MR) is 38.8 cm³/mol. The third-order valence-electron chi connectivity index (χ3n) is 2.85. The van der Waals surface area contributed by atoms with Crippen LogP contribution in [0.25, 0.3) is 0 Å². The van der Waals surface area contributed by atoms with Crippen molar-refractivity contribution in [1.82, 2.24) is 0 Å². The highest BCUT2D eigenvalue weighted by Crippen LogP contribution is 2.42. The Bertz CT molecular complexity index is 167. The minimum absolute atomic E-state index is 0.0972. The van der Waals surface area contributed by atoms with Gasteiger partial charge in [-0.2, -0.15) is 0 Å². The van der Waals surface area contributed by atoms with Gasteiger partial charge in [0.1, 0.15) is 6.10 Å². The summed E-state index contributed by atoms with van der Waals surface area (Å²) in [7, 11) is 0. The first-order chi connectivity index (χ1) is 5.11. The quantitative estimate of drug-likeness (QED) is 0.531. The van der Waals surface area contributed by atoms with Gasteiger partial charge < -0.3 is 14.9 Å². The summed E-state index contributed by atoms with van der Waals surface area (Å²) in [5.41, 5.74) is 0. The molecule has 4 unspecified atom stereocenters. The van der Waals surface area contributed by atoms with E-state index in [4.69, 9.17) is 4.74 Å². The molecule has 1 aliphatic heterocycles. The Balaban J connectivity index is 2.17. The second kappa shape index (κ2) is 2.19. The van der Waals surface area contributed by atoms with Gasteiger partial charge in [-0.05, 0) is 19.8 Å². The van der Waals surface area contributed by atoms with Crippen molar-refractivity contribution in [3.8, 4) is 0 Å². The maximum atomic E-state index is 9.55. The van der Waals surface area contributed by atoms with Gasteiger partial charge in [0.05, 0.1) is 6.10 Å². The number of aliphatic hydroxyl groups excluding tert-OH is 1. The maximum Gasteiger partial charge on any atom is 0.189 e. The van der Waals surface area contributed by atoms with Gasteiger partial charge in [-0.1, -0.05) is 6.42 Å². The second-order valence-electron chi connectivity index (χ2n) is 3.75. The molecule has 1 saturated carbocycles. The Hall–Kier alpha value is -0.120. The zero-order chi connectivity index (χ0) is 8.06. The molecule has 64 valence electrons. The van der Waals surface area contributed by atoms with Crippen LogP contribution in [-0.4, -0.2) is 28.2 Å². The molecule has 1 saturated heterocycles. The van der Waals surface area contributed by atoms with Crippen molar-refractivity contribution < 1.29 is 14.9 Å². The molecule has 0 aromatic rings. The Labute approximate surface area is 66.0 Å². The van der Waals surface area contributed by atoms with E-state index in [-0.39, 0.29) is 12.0 Å². The highest BCUT2D eigenvalue weighted by Gasteiger charge is 2.52. The molecule has 2 rings (SSSR count). The average Bonchev–Trinajstić information content (AvgIpc) is 2.39. The van der Waals surface area contributed by atoms with Crippen LogP contribution in [0.1, 0.15) is 26.2 Å². The minimum atomic E-state index is -1.30. The third kappa shape index (κ3) is 0.991. The fourth-order valence-electron chi connectivity index (χ4n) is 2.24. The van der Waals surface area contributed by atoms with Crippen molar-refractivity contribution in [3.05, 3.63) is 0 Å². The largest absolute Gasteiger partial charge is 0.387 e. The van der Waals surface area contributed by atoms with E-state index in [0.29, 0.717) is 0 Å². The number of fused-ring (bicyclic) bond motifs is 1. The van der Waals surface area contributed by atoms with Crippen LogP contribution >= 0.6 is 0 Å². The molecule has 0 aromatic carbocycles. The van der Waals surface area contributed by atoms with Crippen LogP contribution in [0.4, 0.5) is 0 Å². The molecule has 0 spiro atoms. The molecule has 11 heavy (non-hydrogen) atoms. The molecule has 2 fully saturated rings. The highest BCUT2D eigenvalue weighted by atomic mass is 16.7. The predicted octanol–water partition coefficient (Wildman–Crippen LogP) is 0.255. The molecule has 0 radical (unpaired) electrons. The van der Waals surface area contributed by atoms with Gasteiger partial charge >= 0.3 is 0 Å². The molecule has 2 aliphatic rings. The molecule has 3 heteroatoms. The van der Waals surface area contributed by atoms with Crippen LogP contribution in [0.15, 0.2) is 0 Å². The van der Waals surface area contributed by atoms with Gasteiger partial charge in [-0.15, -0.1) is 0 Å². The Morgan fingerprint density at radius 3 is 2.82 bits per heavy atom. The molecular weight excluding hydrogens is 144 g/mol. The SMILES string of the molecule is CC1(O)OC2CCCC2C1O. The molecule has 0 aromatic heterocycles. The first-order valence-corrected chi connectivity index (χ1v) is 4.19. The van der Waals surface area contributed by atoms with Crippen molar-refractivity contribution >= 4 is 0 Å². The lowest BCUT2D eigenvalue weighted by Crippen LogP contribution is -2.37. The molecule has 0 amide bonds. The van der Waals surface area contributed by atoms with Crippen LogP contribution in [0.2, 0.25) is 0 Å². The Morgan fingerprint density at radius 1 is 1.45 bits per heavy atom. The number of hydrogen-bond donors (Lipinski definition) is 2. The zero-order valence-electron chi connectivity index (χ0n) is 6.66. The van der Waals surface area contributed by atoms with E-state index in [1.54, 1.807) is 0 Å². The van der Waals surface area contributed by atoms with Crippen molar-refractivity contribution in [2.45, 2.75) is 44.2 Å². The monoisotopic (exact) mass is 158 g/mol. The van der Waals surface area contributed by atoms with Crippen LogP contribution in [0.5, 0.6) is 0 Å². The lowest BCUT2D eigenvalue weighted by Gasteiger charge is -2.22. The number of rotatable bonds is 0. The molecular formula is C8H14O3. The average molecular weight is 158 g/mol. The minimum Gasteiger partial charge on any atom is -0.387 e. The molecule has 2 N–H and O–H groups in total.